The third-order valence-corrected chi connectivity index (χ3v) is 1.55. The Hall–Kier alpha value is -1.20. The molecule has 0 saturated carbocycles. The molecule has 2 N–H and O–H groups in total. The molecule has 14 heavy (non-hydrogen) atoms. The first kappa shape index (κ1) is 12.8. The summed E-state index contributed by atoms with van der Waals surface area (Å²) < 4.78 is 4.47. The Bertz CT molecular complexity index is 281. The van der Waals surface area contributed by atoms with Crippen molar-refractivity contribution in [2.45, 2.75) is 12.5 Å². The molecule has 1 aromatic rings. The molecule has 0 aliphatic rings. The molecule has 0 fully saturated rings. The van der Waals surface area contributed by atoms with Crippen molar-refractivity contribution in [2.24, 2.45) is 5.73 Å². The van der Waals surface area contributed by atoms with E-state index < -0.39 is 12.0 Å². The molecule has 0 amide bonds. The average molecular weight is 218 g/mol. The standard InChI is InChI=1S/C8H11N3O2.ClH/c1-13-8(12)7(9)4-6-5-10-2-3-11-6;/h2-3,5,7H,4,9H2,1H3;1H. The van der Waals surface area contributed by atoms with Gasteiger partial charge in [0.25, 0.3) is 0 Å². The lowest BCUT2D eigenvalue weighted by Crippen LogP contribution is -2.33. The van der Waals surface area contributed by atoms with Gasteiger partial charge in [-0.2, -0.15) is 0 Å². The van der Waals surface area contributed by atoms with E-state index in [1.165, 1.54) is 7.11 Å². The summed E-state index contributed by atoms with van der Waals surface area (Å²) in [5.41, 5.74) is 6.20. The monoisotopic (exact) mass is 217 g/mol. The van der Waals surface area contributed by atoms with E-state index in [0.717, 1.165) is 0 Å². The van der Waals surface area contributed by atoms with Gasteiger partial charge >= 0.3 is 5.97 Å². The largest absolute Gasteiger partial charge is 0.468 e. The SMILES string of the molecule is COC(=O)C(N)Cc1cnccn1.Cl. The predicted octanol–water partition coefficient (Wildman–Crippen LogP) is -0.0588. The molecule has 1 rings (SSSR count). The van der Waals surface area contributed by atoms with Crippen LogP contribution in [0.25, 0.3) is 0 Å². The molecule has 0 spiro atoms. The number of methoxy groups -OCH3 is 1. The van der Waals surface area contributed by atoms with Crippen molar-refractivity contribution >= 4 is 18.4 Å². The van der Waals surface area contributed by atoms with E-state index in [9.17, 15) is 4.79 Å². The Balaban J connectivity index is 0.00000169. The Morgan fingerprint density at radius 3 is 2.86 bits per heavy atom. The van der Waals surface area contributed by atoms with Crippen LogP contribution in [0.3, 0.4) is 0 Å². The fourth-order valence-electron chi connectivity index (χ4n) is 0.895. The summed E-state index contributed by atoms with van der Waals surface area (Å²) in [7, 11) is 1.30. The highest BCUT2D eigenvalue weighted by Crippen LogP contribution is 1.96. The van der Waals surface area contributed by atoms with Crippen molar-refractivity contribution in [2.75, 3.05) is 7.11 Å². The van der Waals surface area contributed by atoms with Crippen molar-refractivity contribution in [3.8, 4) is 0 Å². The van der Waals surface area contributed by atoms with E-state index in [1.54, 1.807) is 18.6 Å². The number of hydrogen-bond donors (Lipinski definition) is 1. The summed E-state index contributed by atoms with van der Waals surface area (Å²) in [6, 6.07) is -0.665. The van der Waals surface area contributed by atoms with E-state index in [1.807, 2.05) is 0 Å². The number of ether oxygens (including phenoxy) is 1. The smallest absolute Gasteiger partial charge is 0.323 e. The molecule has 1 heterocycles. The van der Waals surface area contributed by atoms with Crippen molar-refractivity contribution in [3.05, 3.63) is 24.3 Å². The van der Waals surface area contributed by atoms with Crippen LogP contribution < -0.4 is 5.73 Å². The van der Waals surface area contributed by atoms with Gasteiger partial charge in [-0.1, -0.05) is 0 Å². The van der Waals surface area contributed by atoms with Gasteiger partial charge in [0.15, 0.2) is 0 Å². The summed E-state index contributed by atoms with van der Waals surface area (Å²) in [5.74, 6) is -0.439. The molecule has 1 atom stereocenters. The number of carbonyl (C=O) groups excluding carboxylic acids is 1. The maximum Gasteiger partial charge on any atom is 0.323 e. The van der Waals surface area contributed by atoms with Crippen LogP contribution in [-0.4, -0.2) is 29.1 Å². The van der Waals surface area contributed by atoms with E-state index in [-0.39, 0.29) is 12.4 Å². The first-order valence-corrected chi connectivity index (χ1v) is 3.82. The fraction of sp³-hybridized carbons (Fsp3) is 0.375. The van der Waals surface area contributed by atoms with Gasteiger partial charge in [0, 0.05) is 25.0 Å². The number of rotatable bonds is 3. The van der Waals surface area contributed by atoms with Gasteiger partial charge in [-0.25, -0.2) is 0 Å². The van der Waals surface area contributed by atoms with Crippen LogP contribution in [0.1, 0.15) is 5.69 Å². The molecule has 0 aromatic carbocycles. The topological polar surface area (TPSA) is 78.1 Å². The molecule has 1 unspecified atom stereocenters. The number of carbonyl (C=O) groups is 1. The summed E-state index contributed by atoms with van der Waals surface area (Å²) in [6.07, 6.45) is 5.04. The number of esters is 1. The van der Waals surface area contributed by atoms with Gasteiger partial charge in [-0.05, 0) is 0 Å². The van der Waals surface area contributed by atoms with Gasteiger partial charge in [0.05, 0.1) is 12.8 Å². The van der Waals surface area contributed by atoms with Crippen LogP contribution in [-0.2, 0) is 16.0 Å². The molecule has 5 nitrogen and oxygen atoms in total. The van der Waals surface area contributed by atoms with Crippen LogP contribution >= 0.6 is 12.4 Å². The highest BCUT2D eigenvalue weighted by atomic mass is 35.5. The number of aromatic nitrogens is 2. The van der Waals surface area contributed by atoms with E-state index in [2.05, 4.69) is 14.7 Å². The lowest BCUT2D eigenvalue weighted by molar-refractivity contribution is -0.142. The first-order valence-electron chi connectivity index (χ1n) is 3.82. The van der Waals surface area contributed by atoms with E-state index in [0.29, 0.717) is 12.1 Å². The minimum absolute atomic E-state index is 0. The highest BCUT2D eigenvalue weighted by molar-refractivity contribution is 5.85. The second-order valence-electron chi connectivity index (χ2n) is 2.53. The quantitative estimate of drug-likeness (QED) is 0.718. The summed E-state index contributed by atoms with van der Waals surface area (Å²) in [6.45, 7) is 0. The van der Waals surface area contributed by atoms with E-state index >= 15 is 0 Å². The van der Waals surface area contributed by atoms with Crippen molar-refractivity contribution in [3.63, 3.8) is 0 Å². The fourth-order valence-corrected chi connectivity index (χ4v) is 0.895. The molecule has 0 bridgehead atoms. The number of halogens is 1. The molecule has 78 valence electrons. The number of hydrogen-bond acceptors (Lipinski definition) is 5. The molecular formula is C8H12ClN3O2. The lowest BCUT2D eigenvalue weighted by Gasteiger charge is -2.07. The third-order valence-electron chi connectivity index (χ3n) is 1.55. The maximum absolute atomic E-state index is 10.9. The van der Waals surface area contributed by atoms with Crippen LogP contribution in [0.4, 0.5) is 0 Å². The summed E-state index contributed by atoms with van der Waals surface area (Å²) in [5, 5.41) is 0. The maximum atomic E-state index is 10.9. The zero-order valence-electron chi connectivity index (χ0n) is 7.71. The number of nitrogens with two attached hydrogens (primary N) is 1. The summed E-state index contributed by atoms with van der Waals surface area (Å²) in [4.78, 5) is 18.8. The Kier molecular flexibility index (Phi) is 5.74. The zero-order chi connectivity index (χ0) is 9.68. The molecule has 6 heteroatoms. The van der Waals surface area contributed by atoms with Crippen LogP contribution in [0.15, 0.2) is 18.6 Å². The number of nitrogens with zero attached hydrogens (tertiary/aromatic N) is 2. The van der Waals surface area contributed by atoms with Crippen molar-refractivity contribution in [1.29, 1.82) is 0 Å². The van der Waals surface area contributed by atoms with Crippen LogP contribution in [0.5, 0.6) is 0 Å². The normalized spacial score (nSPS) is 11.3. The Morgan fingerprint density at radius 2 is 2.36 bits per heavy atom. The van der Waals surface area contributed by atoms with Gasteiger partial charge in [0.1, 0.15) is 6.04 Å². The Morgan fingerprint density at radius 1 is 1.64 bits per heavy atom. The van der Waals surface area contributed by atoms with Gasteiger partial charge in [0.2, 0.25) is 0 Å². The second kappa shape index (κ2) is 6.28. The summed E-state index contributed by atoms with van der Waals surface area (Å²) >= 11 is 0. The lowest BCUT2D eigenvalue weighted by atomic mass is 10.2. The zero-order valence-corrected chi connectivity index (χ0v) is 8.53. The Labute approximate surface area is 88.1 Å². The molecule has 1 aromatic heterocycles. The van der Waals surface area contributed by atoms with Crippen LogP contribution in [0.2, 0.25) is 0 Å². The van der Waals surface area contributed by atoms with Gasteiger partial charge < -0.3 is 10.5 Å². The third kappa shape index (κ3) is 3.68. The molecule has 0 saturated heterocycles. The van der Waals surface area contributed by atoms with Gasteiger partial charge in [-0.15, -0.1) is 12.4 Å². The molecular weight excluding hydrogens is 206 g/mol. The molecule has 0 radical (unpaired) electrons. The van der Waals surface area contributed by atoms with Crippen molar-refractivity contribution in [1.82, 2.24) is 9.97 Å². The predicted molar refractivity (Wildman–Crippen MR) is 53.0 cm³/mol. The highest BCUT2D eigenvalue weighted by Gasteiger charge is 2.14. The minimum Gasteiger partial charge on any atom is -0.468 e. The van der Waals surface area contributed by atoms with Gasteiger partial charge in [-0.3, -0.25) is 14.8 Å². The van der Waals surface area contributed by atoms with Crippen molar-refractivity contribution < 1.29 is 9.53 Å². The first-order chi connectivity index (χ1) is 6.24. The van der Waals surface area contributed by atoms with E-state index in [4.69, 9.17) is 5.73 Å². The second-order valence-corrected chi connectivity index (χ2v) is 2.53. The minimum atomic E-state index is -0.665. The van der Waals surface area contributed by atoms with Crippen LogP contribution in [0, 0.1) is 0 Å². The molecule has 0 aliphatic heterocycles. The molecule has 0 aliphatic carbocycles. The average Bonchev–Trinajstić information content (AvgIpc) is 2.18.